The summed E-state index contributed by atoms with van der Waals surface area (Å²) in [6.45, 7) is 3.79. The molecule has 9 heteroatoms. The summed E-state index contributed by atoms with van der Waals surface area (Å²) >= 11 is 1.59. The third-order valence-corrected chi connectivity index (χ3v) is 6.33. The lowest BCUT2D eigenvalue weighted by Gasteiger charge is -2.34. The lowest BCUT2D eigenvalue weighted by Crippen LogP contribution is -2.48. The van der Waals surface area contributed by atoms with Gasteiger partial charge < -0.3 is 24.0 Å². The number of anilines is 1. The van der Waals surface area contributed by atoms with E-state index in [0.29, 0.717) is 43.6 Å². The highest BCUT2D eigenvalue weighted by Crippen LogP contribution is 2.40. The number of pyridine rings is 1. The third kappa shape index (κ3) is 4.00. The molecule has 8 nitrogen and oxygen atoms in total. The molecular weight excluding hydrogens is 416 g/mol. The van der Waals surface area contributed by atoms with Gasteiger partial charge in [0.05, 0.1) is 7.11 Å². The third-order valence-electron chi connectivity index (χ3n) is 5.29. The van der Waals surface area contributed by atoms with Crippen LogP contribution in [-0.4, -0.2) is 67.3 Å². The average Bonchev–Trinajstić information content (AvgIpc) is 3.26. The van der Waals surface area contributed by atoms with Crippen LogP contribution in [-0.2, 0) is 4.79 Å². The summed E-state index contributed by atoms with van der Waals surface area (Å²) in [4.78, 5) is 26.7. The van der Waals surface area contributed by atoms with Crippen molar-refractivity contribution in [1.82, 2.24) is 14.9 Å². The Kier molecular flexibility index (Phi) is 5.33. The highest BCUT2D eigenvalue weighted by molar-refractivity contribution is 7.21. The number of carbonyl (C=O) groups is 1. The van der Waals surface area contributed by atoms with Gasteiger partial charge in [-0.05, 0) is 35.9 Å². The maximum Gasteiger partial charge on any atom is 0.246 e. The van der Waals surface area contributed by atoms with Crippen molar-refractivity contribution in [3.63, 3.8) is 0 Å². The van der Waals surface area contributed by atoms with Crippen LogP contribution in [0.2, 0.25) is 0 Å². The number of carbonyl (C=O) groups excluding carboxylic acids is 1. The molecule has 0 saturated carbocycles. The molecule has 0 unspecified atom stereocenters. The lowest BCUT2D eigenvalue weighted by molar-refractivity contribution is -0.126. The molecular formula is C22H22N4O4S. The Morgan fingerprint density at radius 3 is 2.84 bits per heavy atom. The van der Waals surface area contributed by atoms with Crippen LogP contribution >= 0.6 is 11.3 Å². The number of thiazole rings is 1. The van der Waals surface area contributed by atoms with Gasteiger partial charge in [-0.2, -0.15) is 0 Å². The van der Waals surface area contributed by atoms with Crippen molar-refractivity contribution in [1.29, 1.82) is 0 Å². The minimum Gasteiger partial charge on any atom is -0.493 e. The zero-order valence-corrected chi connectivity index (χ0v) is 17.9. The number of methoxy groups -OCH3 is 1. The highest BCUT2D eigenvalue weighted by atomic mass is 32.1. The van der Waals surface area contributed by atoms with Crippen molar-refractivity contribution in [3.05, 3.63) is 42.1 Å². The van der Waals surface area contributed by atoms with E-state index in [2.05, 4.69) is 14.9 Å². The maximum absolute atomic E-state index is 12.7. The largest absolute Gasteiger partial charge is 0.493 e. The van der Waals surface area contributed by atoms with Crippen LogP contribution in [0.15, 0.2) is 36.5 Å². The fourth-order valence-electron chi connectivity index (χ4n) is 3.67. The molecule has 1 fully saturated rings. The van der Waals surface area contributed by atoms with Gasteiger partial charge in [-0.25, -0.2) is 9.97 Å². The van der Waals surface area contributed by atoms with E-state index in [-0.39, 0.29) is 5.91 Å². The zero-order chi connectivity index (χ0) is 21.2. The molecule has 3 aromatic rings. The first-order valence-corrected chi connectivity index (χ1v) is 10.9. The second-order valence-corrected chi connectivity index (χ2v) is 8.17. The number of rotatable bonds is 4. The number of amides is 1. The minimum atomic E-state index is -0.0144. The van der Waals surface area contributed by atoms with Gasteiger partial charge in [0.15, 0.2) is 16.6 Å². The molecule has 0 atom stereocenters. The smallest absolute Gasteiger partial charge is 0.246 e. The van der Waals surface area contributed by atoms with Gasteiger partial charge in [0.25, 0.3) is 0 Å². The van der Waals surface area contributed by atoms with Gasteiger partial charge in [-0.1, -0.05) is 11.3 Å². The van der Waals surface area contributed by atoms with Gasteiger partial charge in [-0.3, -0.25) is 4.79 Å². The van der Waals surface area contributed by atoms with Crippen molar-refractivity contribution in [2.24, 2.45) is 0 Å². The Morgan fingerprint density at radius 1 is 1.19 bits per heavy atom. The number of ether oxygens (including phenoxy) is 3. The van der Waals surface area contributed by atoms with Crippen LogP contribution in [0.4, 0.5) is 5.13 Å². The molecule has 2 aromatic heterocycles. The molecule has 31 heavy (non-hydrogen) atoms. The number of hydrogen-bond donors (Lipinski definition) is 0. The summed E-state index contributed by atoms with van der Waals surface area (Å²) in [6, 6.07) is 7.57. The molecule has 1 aromatic carbocycles. The van der Waals surface area contributed by atoms with Crippen molar-refractivity contribution in [2.75, 3.05) is 51.4 Å². The first-order valence-electron chi connectivity index (χ1n) is 10.1. The number of benzene rings is 1. The van der Waals surface area contributed by atoms with E-state index in [4.69, 9.17) is 14.2 Å². The normalized spacial score (nSPS) is 16.2. The average molecular weight is 439 g/mol. The summed E-state index contributed by atoms with van der Waals surface area (Å²) < 4.78 is 16.7. The Balaban J connectivity index is 1.23. The molecule has 160 valence electrons. The molecule has 1 amide bonds. The molecule has 0 spiro atoms. The van der Waals surface area contributed by atoms with Gasteiger partial charge in [0.2, 0.25) is 11.7 Å². The van der Waals surface area contributed by atoms with Gasteiger partial charge in [0, 0.05) is 38.5 Å². The molecule has 0 radical (unpaired) electrons. The summed E-state index contributed by atoms with van der Waals surface area (Å²) in [5.74, 6) is 1.83. The standard InChI is InChI=1S/C22H22N4O4S/c1-28-17-13-15(14-18-20(17)30-12-11-29-18)4-5-19(27)25-7-9-26(10-8-25)22-24-16-3-2-6-23-21(16)31-22/h2-6,13-14H,7-12H2,1H3/b5-4+. The monoisotopic (exact) mass is 438 g/mol. The van der Waals surface area contributed by atoms with Crippen LogP contribution < -0.4 is 19.1 Å². The predicted octanol–water partition coefficient (Wildman–Crippen LogP) is 2.83. The van der Waals surface area contributed by atoms with E-state index in [9.17, 15) is 4.79 Å². The predicted molar refractivity (Wildman–Crippen MR) is 119 cm³/mol. The lowest BCUT2D eigenvalue weighted by atomic mass is 10.1. The molecule has 2 aliphatic heterocycles. The number of nitrogens with zero attached hydrogens (tertiary/aromatic N) is 4. The van der Waals surface area contributed by atoms with Crippen LogP contribution in [0.1, 0.15) is 5.56 Å². The first kappa shape index (κ1) is 19.6. The molecule has 0 N–H and O–H groups in total. The summed E-state index contributed by atoms with van der Waals surface area (Å²) in [5, 5.41) is 0.958. The Bertz CT molecular complexity index is 1090. The van der Waals surface area contributed by atoms with E-state index in [0.717, 1.165) is 34.1 Å². The highest BCUT2D eigenvalue weighted by Gasteiger charge is 2.22. The Morgan fingerprint density at radius 2 is 2.03 bits per heavy atom. The van der Waals surface area contributed by atoms with E-state index in [1.807, 2.05) is 29.2 Å². The van der Waals surface area contributed by atoms with Crippen LogP contribution in [0.25, 0.3) is 16.4 Å². The quantitative estimate of drug-likeness (QED) is 0.580. The topological polar surface area (TPSA) is 77.0 Å². The van der Waals surface area contributed by atoms with E-state index < -0.39 is 0 Å². The van der Waals surface area contributed by atoms with Crippen molar-refractivity contribution in [2.45, 2.75) is 0 Å². The van der Waals surface area contributed by atoms with Crippen molar-refractivity contribution < 1.29 is 19.0 Å². The number of fused-ring (bicyclic) bond motifs is 2. The van der Waals surface area contributed by atoms with Crippen molar-refractivity contribution >= 4 is 38.8 Å². The minimum absolute atomic E-state index is 0.0144. The molecule has 0 aliphatic carbocycles. The summed E-state index contributed by atoms with van der Waals surface area (Å²) in [6.07, 6.45) is 5.17. The second-order valence-electron chi connectivity index (χ2n) is 7.22. The fraction of sp³-hybridized carbons (Fsp3) is 0.318. The first-order chi connectivity index (χ1) is 15.2. The summed E-state index contributed by atoms with van der Waals surface area (Å²) in [7, 11) is 1.59. The maximum atomic E-state index is 12.7. The van der Waals surface area contributed by atoms with Crippen molar-refractivity contribution in [3.8, 4) is 17.2 Å². The number of aromatic nitrogens is 2. The molecule has 0 bridgehead atoms. The van der Waals surface area contributed by atoms with Gasteiger partial charge in [-0.15, -0.1) is 0 Å². The molecule has 4 heterocycles. The number of hydrogen-bond acceptors (Lipinski definition) is 8. The van der Waals surface area contributed by atoms with E-state index in [1.54, 1.807) is 36.8 Å². The van der Waals surface area contributed by atoms with Crippen LogP contribution in [0.3, 0.4) is 0 Å². The van der Waals surface area contributed by atoms with Gasteiger partial charge >= 0.3 is 0 Å². The SMILES string of the molecule is COc1cc(/C=C/C(=O)N2CCN(c3nc4cccnc4s3)CC2)cc2c1OCCO2. The zero-order valence-electron chi connectivity index (χ0n) is 17.1. The Hall–Kier alpha value is -3.33. The molecule has 2 aliphatic rings. The Labute approximate surface area is 183 Å². The number of piperazine rings is 1. The molecule has 5 rings (SSSR count). The fourth-order valence-corrected chi connectivity index (χ4v) is 4.63. The van der Waals surface area contributed by atoms with Crippen LogP contribution in [0, 0.1) is 0 Å². The van der Waals surface area contributed by atoms with Gasteiger partial charge in [0.1, 0.15) is 23.6 Å². The van der Waals surface area contributed by atoms with Crippen LogP contribution in [0.5, 0.6) is 17.2 Å². The summed E-state index contributed by atoms with van der Waals surface area (Å²) in [5.41, 5.74) is 1.74. The van der Waals surface area contributed by atoms with E-state index in [1.165, 1.54) is 0 Å². The van der Waals surface area contributed by atoms with E-state index >= 15 is 0 Å². The molecule has 1 saturated heterocycles. The second kappa shape index (κ2) is 8.43.